The number of carbonyl (C=O) groups is 2. The number of halogens is 3. The summed E-state index contributed by atoms with van der Waals surface area (Å²) in [6, 6.07) is 9.63. The van der Waals surface area contributed by atoms with Crippen molar-refractivity contribution in [3.05, 3.63) is 63.8 Å². The van der Waals surface area contributed by atoms with Crippen molar-refractivity contribution in [1.29, 1.82) is 0 Å². The second-order valence-corrected chi connectivity index (χ2v) is 8.34. The molecule has 4 N–H and O–H groups in total. The van der Waals surface area contributed by atoms with Crippen molar-refractivity contribution in [1.82, 2.24) is 4.98 Å². The number of rotatable bonds is 4. The van der Waals surface area contributed by atoms with Crippen LogP contribution < -0.4 is 11.1 Å². The summed E-state index contributed by atoms with van der Waals surface area (Å²) in [5.41, 5.74) is 5.14. The van der Waals surface area contributed by atoms with Crippen LogP contribution in [0.3, 0.4) is 0 Å². The Balaban J connectivity index is 1.77. The minimum absolute atomic E-state index is 0.00194. The van der Waals surface area contributed by atoms with Crippen molar-refractivity contribution >= 4 is 56.1 Å². The van der Waals surface area contributed by atoms with Gasteiger partial charge in [0, 0.05) is 11.1 Å². The molecular weight excluding hydrogens is 451 g/mol. The predicted molar refractivity (Wildman–Crippen MR) is 114 cm³/mol. The van der Waals surface area contributed by atoms with E-state index >= 15 is 0 Å². The van der Waals surface area contributed by atoms with E-state index < -0.39 is 23.6 Å². The van der Waals surface area contributed by atoms with E-state index in [4.69, 9.17) is 10.8 Å². The molecule has 0 aliphatic rings. The SMILES string of the molecule is Nc1c(C(=O)Nc2ccc(C(=O)O)cc2)sc2nc(-c3cccs3)cc(C(F)(F)F)c12. The molecule has 0 spiro atoms. The monoisotopic (exact) mass is 463 g/mol. The summed E-state index contributed by atoms with van der Waals surface area (Å²) in [7, 11) is 0. The Morgan fingerprint density at radius 1 is 1.13 bits per heavy atom. The molecule has 4 aromatic rings. The minimum atomic E-state index is -4.69. The Labute approximate surface area is 180 Å². The molecule has 3 heterocycles. The molecule has 0 atom stereocenters. The van der Waals surface area contributed by atoms with Gasteiger partial charge in [-0.1, -0.05) is 6.07 Å². The second kappa shape index (κ2) is 7.67. The molecule has 0 aliphatic carbocycles. The first kappa shape index (κ1) is 20.8. The smallest absolute Gasteiger partial charge is 0.417 e. The van der Waals surface area contributed by atoms with Crippen molar-refractivity contribution in [2.45, 2.75) is 6.18 Å². The van der Waals surface area contributed by atoms with E-state index in [-0.39, 0.29) is 37.7 Å². The molecular formula is C20H12F3N3O3S2. The fourth-order valence-corrected chi connectivity index (χ4v) is 4.65. The molecule has 1 amide bonds. The quantitative estimate of drug-likeness (QED) is 0.367. The number of nitrogens with two attached hydrogens (primary N) is 1. The van der Waals surface area contributed by atoms with Crippen LogP contribution in [0.25, 0.3) is 20.8 Å². The number of nitrogens with one attached hydrogen (secondary N) is 1. The van der Waals surface area contributed by atoms with Crippen LogP contribution in [-0.2, 0) is 6.18 Å². The highest BCUT2D eigenvalue weighted by molar-refractivity contribution is 7.21. The Morgan fingerprint density at radius 3 is 2.42 bits per heavy atom. The minimum Gasteiger partial charge on any atom is -0.478 e. The Hall–Kier alpha value is -3.44. The van der Waals surface area contributed by atoms with Crippen LogP contribution >= 0.6 is 22.7 Å². The van der Waals surface area contributed by atoms with E-state index in [1.54, 1.807) is 17.5 Å². The van der Waals surface area contributed by atoms with Gasteiger partial charge in [0.05, 0.1) is 27.4 Å². The maximum Gasteiger partial charge on any atom is 0.417 e. The standard InChI is InChI=1S/C20H12F3N3O3S2/c21-20(22,23)11-8-12(13-2-1-7-30-13)26-18-14(11)15(24)16(31-18)17(27)25-10-5-3-9(4-6-10)19(28)29/h1-8H,24H2,(H,25,27)(H,28,29). The topological polar surface area (TPSA) is 105 Å². The van der Waals surface area contributed by atoms with Gasteiger partial charge in [-0.3, -0.25) is 4.79 Å². The number of amides is 1. The third-order valence-corrected chi connectivity index (χ3v) is 6.36. The Bertz CT molecular complexity index is 1300. The molecule has 3 aromatic heterocycles. The van der Waals surface area contributed by atoms with E-state index in [1.165, 1.54) is 35.6 Å². The Morgan fingerprint density at radius 2 is 1.84 bits per heavy atom. The van der Waals surface area contributed by atoms with E-state index in [2.05, 4.69) is 10.3 Å². The maximum atomic E-state index is 13.8. The molecule has 4 rings (SSSR count). The lowest BCUT2D eigenvalue weighted by Gasteiger charge is -2.10. The maximum absolute atomic E-state index is 13.8. The van der Waals surface area contributed by atoms with Crippen molar-refractivity contribution < 1.29 is 27.9 Å². The average molecular weight is 463 g/mol. The van der Waals surface area contributed by atoms with Crippen LogP contribution in [0.5, 0.6) is 0 Å². The van der Waals surface area contributed by atoms with Crippen LogP contribution in [0.4, 0.5) is 24.5 Å². The number of nitrogens with zero attached hydrogens (tertiary/aromatic N) is 1. The predicted octanol–water partition coefficient (Wildman–Crippen LogP) is 5.58. The van der Waals surface area contributed by atoms with Gasteiger partial charge in [-0.05, 0) is 41.8 Å². The first-order valence-corrected chi connectivity index (χ1v) is 10.3. The summed E-state index contributed by atoms with van der Waals surface area (Å²) in [5.74, 6) is -1.84. The second-order valence-electron chi connectivity index (χ2n) is 6.39. The third kappa shape index (κ3) is 3.97. The number of hydrogen-bond acceptors (Lipinski definition) is 6. The van der Waals surface area contributed by atoms with Crippen LogP contribution in [0, 0.1) is 0 Å². The number of carboxylic acid groups (broad SMARTS) is 1. The number of nitrogen functional groups attached to an aromatic ring is 1. The molecule has 11 heteroatoms. The van der Waals surface area contributed by atoms with Gasteiger partial charge >= 0.3 is 12.1 Å². The van der Waals surface area contributed by atoms with E-state index in [0.717, 1.165) is 17.4 Å². The van der Waals surface area contributed by atoms with Gasteiger partial charge in [0.1, 0.15) is 9.71 Å². The highest BCUT2D eigenvalue weighted by Gasteiger charge is 2.36. The summed E-state index contributed by atoms with van der Waals surface area (Å²) in [4.78, 5) is 28.4. The average Bonchev–Trinajstić information content (AvgIpc) is 3.35. The van der Waals surface area contributed by atoms with E-state index in [1.807, 2.05) is 0 Å². The number of anilines is 2. The lowest BCUT2D eigenvalue weighted by molar-refractivity contribution is -0.136. The van der Waals surface area contributed by atoms with Crippen molar-refractivity contribution in [3.63, 3.8) is 0 Å². The lowest BCUT2D eigenvalue weighted by Crippen LogP contribution is -2.12. The van der Waals surface area contributed by atoms with E-state index in [0.29, 0.717) is 4.88 Å². The first-order valence-electron chi connectivity index (χ1n) is 8.64. The van der Waals surface area contributed by atoms with Crippen LogP contribution in [0.2, 0.25) is 0 Å². The Kier molecular flexibility index (Phi) is 5.15. The summed E-state index contributed by atoms with van der Waals surface area (Å²) in [6.45, 7) is 0. The summed E-state index contributed by atoms with van der Waals surface area (Å²) in [6.07, 6.45) is -4.69. The van der Waals surface area contributed by atoms with Gasteiger partial charge in [0.25, 0.3) is 5.91 Å². The number of carboxylic acids is 1. The highest BCUT2D eigenvalue weighted by atomic mass is 32.1. The molecule has 0 unspecified atom stereocenters. The molecule has 6 nitrogen and oxygen atoms in total. The molecule has 158 valence electrons. The number of fused-ring (bicyclic) bond motifs is 1. The lowest BCUT2D eigenvalue weighted by atomic mass is 10.1. The fourth-order valence-electron chi connectivity index (χ4n) is 2.95. The van der Waals surface area contributed by atoms with Gasteiger partial charge in [-0.15, -0.1) is 22.7 Å². The fraction of sp³-hybridized carbons (Fsp3) is 0.0500. The van der Waals surface area contributed by atoms with Crippen LogP contribution in [0.1, 0.15) is 25.6 Å². The van der Waals surface area contributed by atoms with Crippen molar-refractivity contribution in [2.75, 3.05) is 11.1 Å². The molecule has 0 saturated carbocycles. The molecule has 0 bridgehead atoms. The van der Waals surface area contributed by atoms with Crippen LogP contribution in [0.15, 0.2) is 47.8 Å². The van der Waals surface area contributed by atoms with Gasteiger partial charge in [-0.2, -0.15) is 13.2 Å². The number of alkyl halides is 3. The van der Waals surface area contributed by atoms with Gasteiger partial charge < -0.3 is 16.2 Å². The largest absolute Gasteiger partial charge is 0.478 e. The summed E-state index contributed by atoms with van der Waals surface area (Å²) in [5, 5.41) is 12.9. The van der Waals surface area contributed by atoms with Crippen molar-refractivity contribution in [3.8, 4) is 10.6 Å². The van der Waals surface area contributed by atoms with Gasteiger partial charge in [0.2, 0.25) is 0 Å². The number of carbonyl (C=O) groups excluding carboxylic acids is 1. The first-order chi connectivity index (χ1) is 14.6. The zero-order chi connectivity index (χ0) is 22.3. The zero-order valence-corrected chi connectivity index (χ0v) is 17.0. The number of hydrogen-bond donors (Lipinski definition) is 3. The third-order valence-electron chi connectivity index (χ3n) is 4.37. The normalized spacial score (nSPS) is 11.6. The zero-order valence-electron chi connectivity index (χ0n) is 15.4. The van der Waals surface area contributed by atoms with Gasteiger partial charge in [0.15, 0.2) is 0 Å². The highest BCUT2D eigenvalue weighted by Crippen LogP contribution is 2.44. The number of benzene rings is 1. The molecule has 1 aromatic carbocycles. The number of aromatic nitrogens is 1. The molecule has 0 aliphatic heterocycles. The molecule has 31 heavy (non-hydrogen) atoms. The van der Waals surface area contributed by atoms with Gasteiger partial charge in [-0.25, -0.2) is 9.78 Å². The number of aromatic carboxylic acids is 1. The summed E-state index contributed by atoms with van der Waals surface area (Å²) < 4.78 is 41.3. The molecule has 0 radical (unpaired) electrons. The number of thiophene rings is 2. The summed E-state index contributed by atoms with van der Waals surface area (Å²) >= 11 is 2.01. The molecule has 0 saturated heterocycles. The molecule has 0 fully saturated rings. The van der Waals surface area contributed by atoms with E-state index in [9.17, 15) is 22.8 Å². The van der Waals surface area contributed by atoms with Crippen molar-refractivity contribution in [2.24, 2.45) is 0 Å². The van der Waals surface area contributed by atoms with Crippen LogP contribution in [-0.4, -0.2) is 22.0 Å². The number of pyridine rings is 1.